The Hall–Kier alpha value is -2.09. The minimum atomic E-state index is -0.797. The topological polar surface area (TPSA) is 86.0 Å². The molecule has 0 aliphatic carbocycles. The first kappa shape index (κ1) is 15.0. The average molecular weight is 261 g/mol. The maximum atomic E-state index is 10.8. The molecule has 2 N–H and O–H groups in total. The molecular weight excluding hydrogens is 242 g/mol. The molecule has 0 spiro atoms. The second-order valence-electron chi connectivity index (χ2n) is 4.99. The number of aliphatic carboxylic acids is 1. The minimum Gasteiger partial charge on any atom is -0.481 e. The van der Waals surface area contributed by atoms with Crippen LogP contribution in [0.3, 0.4) is 0 Å². The molecule has 1 rings (SSSR count). The number of carboxylic acid groups (broad SMARTS) is 1. The van der Waals surface area contributed by atoms with Crippen LogP contribution >= 0.6 is 0 Å². The van der Waals surface area contributed by atoms with Gasteiger partial charge in [-0.1, -0.05) is 13.8 Å². The fourth-order valence-corrected chi connectivity index (χ4v) is 2.03. The van der Waals surface area contributed by atoms with E-state index in [0.29, 0.717) is 23.8 Å². The van der Waals surface area contributed by atoms with Gasteiger partial charge in [-0.3, -0.25) is 4.79 Å². The summed E-state index contributed by atoms with van der Waals surface area (Å²) in [4.78, 5) is 14.9. The number of anilines is 1. The van der Waals surface area contributed by atoms with Gasteiger partial charge < -0.3 is 10.4 Å². The first-order chi connectivity index (χ1) is 9.02. The number of carbonyl (C=O) groups is 1. The maximum absolute atomic E-state index is 10.8. The van der Waals surface area contributed by atoms with Crippen molar-refractivity contribution < 1.29 is 9.90 Å². The number of hydrogen-bond donors (Lipinski definition) is 2. The van der Waals surface area contributed by atoms with E-state index in [0.717, 1.165) is 6.42 Å². The zero-order valence-electron chi connectivity index (χ0n) is 11.3. The van der Waals surface area contributed by atoms with Crippen molar-refractivity contribution in [1.82, 2.24) is 4.98 Å². The van der Waals surface area contributed by atoms with Gasteiger partial charge in [-0.15, -0.1) is 0 Å². The van der Waals surface area contributed by atoms with Gasteiger partial charge in [-0.2, -0.15) is 5.26 Å². The van der Waals surface area contributed by atoms with Gasteiger partial charge in [-0.05, 0) is 30.4 Å². The standard InChI is InChI=1S/C14H19N3O2/c1-10(2)6-11(7-13(18)19)9-17-14-12(8-15)4-3-5-16-14/h3-5,10-11H,6-7,9H2,1-2H3,(H,16,17)(H,18,19). The number of rotatable bonds is 7. The predicted octanol–water partition coefficient (Wildman–Crippen LogP) is 2.50. The molecule has 1 aromatic rings. The van der Waals surface area contributed by atoms with Crippen molar-refractivity contribution in [1.29, 1.82) is 5.26 Å². The van der Waals surface area contributed by atoms with E-state index < -0.39 is 5.97 Å². The number of nitrogens with one attached hydrogen (secondary N) is 1. The Morgan fingerprint density at radius 2 is 2.32 bits per heavy atom. The molecule has 1 heterocycles. The van der Waals surface area contributed by atoms with Gasteiger partial charge in [0.25, 0.3) is 0 Å². The maximum Gasteiger partial charge on any atom is 0.303 e. The summed E-state index contributed by atoms with van der Waals surface area (Å²) in [5, 5.41) is 20.9. The van der Waals surface area contributed by atoms with E-state index >= 15 is 0 Å². The summed E-state index contributed by atoms with van der Waals surface area (Å²) in [7, 11) is 0. The largest absolute Gasteiger partial charge is 0.481 e. The zero-order valence-corrected chi connectivity index (χ0v) is 11.3. The average Bonchev–Trinajstić information content (AvgIpc) is 2.35. The molecule has 0 amide bonds. The van der Waals surface area contributed by atoms with E-state index in [4.69, 9.17) is 10.4 Å². The third-order valence-corrected chi connectivity index (χ3v) is 2.75. The SMILES string of the molecule is CC(C)CC(CNc1ncccc1C#N)CC(=O)O. The molecule has 1 atom stereocenters. The van der Waals surface area contributed by atoms with Crippen LogP contribution in [0.15, 0.2) is 18.3 Å². The number of hydrogen-bond acceptors (Lipinski definition) is 4. The van der Waals surface area contributed by atoms with Crippen molar-refractivity contribution in [3.8, 4) is 6.07 Å². The number of carboxylic acids is 1. The Balaban J connectivity index is 2.65. The molecule has 102 valence electrons. The molecule has 0 bridgehead atoms. The van der Waals surface area contributed by atoms with Gasteiger partial charge >= 0.3 is 5.97 Å². The van der Waals surface area contributed by atoms with Crippen molar-refractivity contribution in [2.24, 2.45) is 11.8 Å². The van der Waals surface area contributed by atoms with Crippen molar-refractivity contribution >= 4 is 11.8 Å². The van der Waals surface area contributed by atoms with Crippen LogP contribution in [0.2, 0.25) is 0 Å². The summed E-state index contributed by atoms with van der Waals surface area (Å²) in [6, 6.07) is 5.45. The molecule has 0 aromatic carbocycles. The molecule has 19 heavy (non-hydrogen) atoms. The summed E-state index contributed by atoms with van der Waals surface area (Å²) in [5.41, 5.74) is 0.473. The Kier molecular flexibility index (Phi) is 5.80. The lowest BCUT2D eigenvalue weighted by atomic mass is 9.94. The van der Waals surface area contributed by atoms with E-state index in [1.54, 1.807) is 18.3 Å². The van der Waals surface area contributed by atoms with Gasteiger partial charge in [0.15, 0.2) is 0 Å². The molecule has 1 aromatic heterocycles. The van der Waals surface area contributed by atoms with Gasteiger partial charge in [0.2, 0.25) is 0 Å². The smallest absolute Gasteiger partial charge is 0.303 e. The van der Waals surface area contributed by atoms with E-state index in [1.807, 2.05) is 0 Å². The molecule has 0 aliphatic heterocycles. The van der Waals surface area contributed by atoms with E-state index in [2.05, 4.69) is 30.2 Å². The fourth-order valence-electron chi connectivity index (χ4n) is 2.03. The van der Waals surface area contributed by atoms with Crippen LogP contribution in [-0.2, 0) is 4.79 Å². The van der Waals surface area contributed by atoms with Crippen LogP contribution in [-0.4, -0.2) is 22.6 Å². The molecular formula is C14H19N3O2. The predicted molar refractivity (Wildman–Crippen MR) is 72.6 cm³/mol. The van der Waals surface area contributed by atoms with Gasteiger partial charge in [0.05, 0.1) is 5.56 Å². The van der Waals surface area contributed by atoms with E-state index in [9.17, 15) is 4.79 Å². The number of pyridine rings is 1. The van der Waals surface area contributed by atoms with Crippen LogP contribution in [0, 0.1) is 23.2 Å². The second-order valence-corrected chi connectivity index (χ2v) is 4.99. The molecule has 0 fully saturated rings. The molecule has 5 nitrogen and oxygen atoms in total. The number of nitriles is 1. The number of aromatic nitrogens is 1. The lowest BCUT2D eigenvalue weighted by molar-refractivity contribution is -0.138. The lowest BCUT2D eigenvalue weighted by Gasteiger charge is -2.18. The van der Waals surface area contributed by atoms with Crippen LogP contribution in [0.1, 0.15) is 32.3 Å². The minimum absolute atomic E-state index is 0.0334. The highest BCUT2D eigenvalue weighted by Crippen LogP contribution is 2.17. The zero-order chi connectivity index (χ0) is 14.3. The van der Waals surface area contributed by atoms with Crippen molar-refractivity contribution in [2.75, 3.05) is 11.9 Å². The van der Waals surface area contributed by atoms with E-state index in [1.165, 1.54) is 0 Å². The Bertz CT molecular complexity index is 466. The summed E-state index contributed by atoms with van der Waals surface area (Å²) in [5.74, 6) is 0.189. The molecule has 0 aliphatic rings. The highest BCUT2D eigenvalue weighted by atomic mass is 16.4. The normalized spacial score (nSPS) is 11.9. The Morgan fingerprint density at radius 1 is 1.58 bits per heavy atom. The van der Waals surface area contributed by atoms with Crippen LogP contribution in [0.4, 0.5) is 5.82 Å². The quantitative estimate of drug-likeness (QED) is 0.787. The van der Waals surface area contributed by atoms with Crippen LogP contribution < -0.4 is 5.32 Å². The summed E-state index contributed by atoms with van der Waals surface area (Å²) >= 11 is 0. The summed E-state index contributed by atoms with van der Waals surface area (Å²) < 4.78 is 0. The third kappa shape index (κ3) is 5.38. The summed E-state index contributed by atoms with van der Waals surface area (Å²) in [6.07, 6.45) is 2.56. The van der Waals surface area contributed by atoms with Gasteiger partial charge in [0.1, 0.15) is 11.9 Å². The van der Waals surface area contributed by atoms with Crippen molar-refractivity contribution in [3.05, 3.63) is 23.9 Å². The van der Waals surface area contributed by atoms with Gasteiger partial charge in [0, 0.05) is 19.2 Å². The third-order valence-electron chi connectivity index (χ3n) is 2.75. The van der Waals surface area contributed by atoms with Crippen LogP contribution in [0.5, 0.6) is 0 Å². The molecule has 0 saturated carbocycles. The molecule has 5 heteroatoms. The van der Waals surface area contributed by atoms with E-state index in [-0.39, 0.29) is 12.3 Å². The highest BCUT2D eigenvalue weighted by Gasteiger charge is 2.15. The Morgan fingerprint density at radius 3 is 2.89 bits per heavy atom. The molecule has 1 unspecified atom stereocenters. The lowest BCUT2D eigenvalue weighted by Crippen LogP contribution is -2.20. The molecule has 0 radical (unpaired) electrons. The van der Waals surface area contributed by atoms with Crippen LogP contribution in [0.25, 0.3) is 0 Å². The first-order valence-electron chi connectivity index (χ1n) is 6.33. The second kappa shape index (κ2) is 7.37. The Labute approximate surface area is 113 Å². The van der Waals surface area contributed by atoms with Crippen molar-refractivity contribution in [2.45, 2.75) is 26.7 Å². The van der Waals surface area contributed by atoms with Gasteiger partial charge in [-0.25, -0.2) is 4.98 Å². The monoisotopic (exact) mass is 261 g/mol. The first-order valence-corrected chi connectivity index (χ1v) is 6.33. The highest BCUT2D eigenvalue weighted by molar-refractivity contribution is 5.67. The fraction of sp³-hybridized carbons (Fsp3) is 0.500. The molecule has 0 saturated heterocycles. The number of nitrogens with zero attached hydrogens (tertiary/aromatic N) is 2. The van der Waals surface area contributed by atoms with Crippen molar-refractivity contribution in [3.63, 3.8) is 0 Å². The summed E-state index contributed by atoms with van der Waals surface area (Å²) in [6.45, 7) is 4.64.